The number of hydrogen-bond acceptors (Lipinski definition) is 7. The molecular formula is C24H25BrN2O6S. The van der Waals surface area contributed by atoms with Crippen LogP contribution in [0.15, 0.2) is 56.8 Å². The van der Waals surface area contributed by atoms with Gasteiger partial charge in [0.1, 0.15) is 0 Å². The zero-order valence-electron chi connectivity index (χ0n) is 18.8. The fourth-order valence-electron chi connectivity index (χ4n) is 3.09. The molecule has 2 aromatic carbocycles. The molecule has 1 fully saturated rings. The standard InChI is InChI=1S/C24H25BrN2O6S/c1-3-32-19-12-16(18(25)14-20(19)33-15-22(28)29)13-21-23(30)27(10-7-11-31-2)24(34-21)26-17-8-5-4-6-9-17/h4-6,8-9,12-14H,3,7,10-11,15H2,1-2H3,(H,28,29)/b21-13-,26-24?. The van der Waals surface area contributed by atoms with Crippen molar-refractivity contribution in [2.24, 2.45) is 4.99 Å². The van der Waals surface area contributed by atoms with Crippen molar-refractivity contribution < 1.29 is 28.9 Å². The smallest absolute Gasteiger partial charge is 0.341 e. The van der Waals surface area contributed by atoms with E-state index in [0.717, 1.165) is 5.69 Å². The summed E-state index contributed by atoms with van der Waals surface area (Å²) in [5, 5.41) is 9.52. The molecule has 10 heteroatoms. The van der Waals surface area contributed by atoms with E-state index in [4.69, 9.17) is 19.3 Å². The summed E-state index contributed by atoms with van der Waals surface area (Å²) in [6.45, 7) is 2.72. The molecule has 1 saturated heterocycles. The lowest BCUT2D eigenvalue weighted by Crippen LogP contribution is -2.30. The highest BCUT2D eigenvalue weighted by Crippen LogP contribution is 2.39. The van der Waals surface area contributed by atoms with E-state index in [0.29, 0.717) is 57.8 Å². The zero-order chi connectivity index (χ0) is 24.5. The SMILES string of the molecule is CCOc1cc(/C=C2\SC(=Nc3ccccc3)N(CCCOC)C2=O)c(Br)cc1OCC(=O)O. The number of thioether (sulfide) groups is 1. The molecular weight excluding hydrogens is 524 g/mol. The largest absolute Gasteiger partial charge is 0.490 e. The number of carbonyl (C=O) groups excluding carboxylic acids is 1. The summed E-state index contributed by atoms with van der Waals surface area (Å²) in [6, 6.07) is 12.8. The number of nitrogens with zero attached hydrogens (tertiary/aromatic N) is 2. The van der Waals surface area contributed by atoms with Crippen molar-refractivity contribution in [2.75, 3.05) is 33.5 Å². The Morgan fingerprint density at radius 3 is 2.62 bits per heavy atom. The minimum absolute atomic E-state index is 0.146. The van der Waals surface area contributed by atoms with Gasteiger partial charge in [-0.1, -0.05) is 34.1 Å². The minimum Gasteiger partial charge on any atom is -0.490 e. The molecule has 3 rings (SSSR count). The van der Waals surface area contributed by atoms with Crippen LogP contribution in [-0.4, -0.2) is 60.5 Å². The van der Waals surface area contributed by atoms with Crippen LogP contribution >= 0.6 is 27.7 Å². The second-order valence-corrected chi connectivity index (χ2v) is 8.94. The maximum absolute atomic E-state index is 13.2. The predicted octanol–water partition coefficient (Wildman–Crippen LogP) is 4.95. The van der Waals surface area contributed by atoms with E-state index in [1.54, 1.807) is 30.2 Å². The molecule has 0 atom stereocenters. The molecule has 1 aliphatic rings. The summed E-state index contributed by atoms with van der Waals surface area (Å²) in [5.74, 6) is -0.538. The van der Waals surface area contributed by atoms with Gasteiger partial charge in [0.25, 0.3) is 5.91 Å². The van der Waals surface area contributed by atoms with Crippen molar-refractivity contribution in [3.8, 4) is 11.5 Å². The van der Waals surface area contributed by atoms with Gasteiger partial charge < -0.3 is 19.3 Å². The second kappa shape index (κ2) is 12.6. The molecule has 180 valence electrons. The van der Waals surface area contributed by atoms with E-state index >= 15 is 0 Å². The topological polar surface area (TPSA) is 97.7 Å². The number of ether oxygens (including phenoxy) is 3. The van der Waals surface area contributed by atoms with Gasteiger partial charge in [-0.25, -0.2) is 9.79 Å². The fourth-order valence-corrected chi connectivity index (χ4v) is 4.54. The van der Waals surface area contributed by atoms with Crippen molar-refractivity contribution in [3.63, 3.8) is 0 Å². The van der Waals surface area contributed by atoms with Gasteiger partial charge in [0.05, 0.1) is 17.2 Å². The molecule has 0 unspecified atom stereocenters. The molecule has 0 aromatic heterocycles. The molecule has 0 bridgehead atoms. The Balaban J connectivity index is 1.94. The number of carboxylic acids is 1. The van der Waals surface area contributed by atoms with Crippen LogP contribution in [0.4, 0.5) is 5.69 Å². The number of halogens is 1. The van der Waals surface area contributed by atoms with Crippen molar-refractivity contribution in [1.29, 1.82) is 0 Å². The highest BCUT2D eigenvalue weighted by molar-refractivity contribution is 9.10. The lowest BCUT2D eigenvalue weighted by molar-refractivity contribution is -0.139. The first-order chi connectivity index (χ1) is 16.4. The van der Waals surface area contributed by atoms with Crippen LogP contribution in [0.25, 0.3) is 6.08 Å². The third-order valence-electron chi connectivity index (χ3n) is 4.60. The van der Waals surface area contributed by atoms with Gasteiger partial charge in [-0.3, -0.25) is 9.69 Å². The van der Waals surface area contributed by atoms with Crippen LogP contribution in [0.5, 0.6) is 11.5 Å². The average Bonchev–Trinajstić information content (AvgIpc) is 3.10. The number of amidine groups is 1. The molecule has 1 amide bonds. The van der Waals surface area contributed by atoms with Gasteiger partial charge in [-0.15, -0.1) is 0 Å². The normalized spacial score (nSPS) is 15.9. The Hall–Kier alpha value is -2.82. The van der Waals surface area contributed by atoms with E-state index in [9.17, 15) is 9.59 Å². The maximum Gasteiger partial charge on any atom is 0.341 e. The molecule has 8 nitrogen and oxygen atoms in total. The number of aliphatic carboxylic acids is 1. The molecule has 1 heterocycles. The summed E-state index contributed by atoms with van der Waals surface area (Å²) in [6.07, 6.45) is 2.44. The van der Waals surface area contributed by atoms with E-state index < -0.39 is 12.6 Å². The van der Waals surface area contributed by atoms with Gasteiger partial charge in [0.2, 0.25) is 0 Å². The van der Waals surface area contributed by atoms with Crippen molar-refractivity contribution in [3.05, 3.63) is 57.4 Å². The summed E-state index contributed by atoms with van der Waals surface area (Å²) in [7, 11) is 1.63. The average molecular weight is 549 g/mol. The molecule has 0 saturated carbocycles. The van der Waals surface area contributed by atoms with E-state index in [2.05, 4.69) is 20.9 Å². The third-order valence-corrected chi connectivity index (χ3v) is 6.29. The zero-order valence-corrected chi connectivity index (χ0v) is 21.2. The van der Waals surface area contributed by atoms with E-state index in [1.807, 2.05) is 37.3 Å². The number of methoxy groups -OCH3 is 1. The Labute approximate surface area is 210 Å². The molecule has 34 heavy (non-hydrogen) atoms. The number of carboxylic acid groups (broad SMARTS) is 1. The predicted molar refractivity (Wildman–Crippen MR) is 136 cm³/mol. The Kier molecular flexibility index (Phi) is 9.55. The van der Waals surface area contributed by atoms with Crippen molar-refractivity contribution in [2.45, 2.75) is 13.3 Å². The minimum atomic E-state index is -1.09. The number of carbonyl (C=O) groups is 2. The highest BCUT2D eigenvalue weighted by atomic mass is 79.9. The first-order valence-electron chi connectivity index (χ1n) is 10.6. The number of amides is 1. The Morgan fingerprint density at radius 1 is 1.21 bits per heavy atom. The van der Waals surface area contributed by atoms with E-state index in [1.165, 1.54) is 11.8 Å². The van der Waals surface area contributed by atoms with Crippen LogP contribution in [0.1, 0.15) is 18.9 Å². The third kappa shape index (κ3) is 6.85. The molecule has 0 radical (unpaired) electrons. The maximum atomic E-state index is 13.2. The molecule has 2 aromatic rings. The van der Waals surface area contributed by atoms with E-state index in [-0.39, 0.29) is 5.91 Å². The number of benzene rings is 2. The fraction of sp³-hybridized carbons (Fsp3) is 0.292. The van der Waals surface area contributed by atoms with Crippen LogP contribution in [-0.2, 0) is 14.3 Å². The quantitative estimate of drug-likeness (QED) is 0.313. The number of hydrogen-bond donors (Lipinski definition) is 1. The van der Waals surface area contributed by atoms with Crippen molar-refractivity contribution >= 4 is 56.5 Å². The van der Waals surface area contributed by atoms with Crippen LogP contribution in [0.2, 0.25) is 0 Å². The summed E-state index contributed by atoms with van der Waals surface area (Å²) < 4.78 is 16.8. The first-order valence-corrected chi connectivity index (χ1v) is 12.2. The van der Waals surface area contributed by atoms with Crippen LogP contribution < -0.4 is 9.47 Å². The Morgan fingerprint density at radius 2 is 1.94 bits per heavy atom. The molecule has 0 aliphatic carbocycles. The van der Waals surface area contributed by atoms with Crippen molar-refractivity contribution in [1.82, 2.24) is 4.90 Å². The number of para-hydroxylation sites is 1. The lowest BCUT2D eigenvalue weighted by Gasteiger charge is -2.15. The van der Waals surface area contributed by atoms with Gasteiger partial charge in [0, 0.05) is 24.7 Å². The number of aliphatic imine (C=N–C) groups is 1. The monoisotopic (exact) mass is 548 g/mol. The van der Waals surface area contributed by atoms with Crippen LogP contribution in [0, 0.1) is 0 Å². The van der Waals surface area contributed by atoms with Crippen LogP contribution in [0.3, 0.4) is 0 Å². The summed E-state index contributed by atoms with van der Waals surface area (Å²) in [5.41, 5.74) is 1.45. The van der Waals surface area contributed by atoms with Gasteiger partial charge in [-0.2, -0.15) is 0 Å². The molecule has 1 aliphatic heterocycles. The lowest BCUT2D eigenvalue weighted by atomic mass is 10.1. The van der Waals surface area contributed by atoms with Gasteiger partial charge in [-0.05, 0) is 61.0 Å². The highest BCUT2D eigenvalue weighted by Gasteiger charge is 2.33. The van der Waals surface area contributed by atoms with Gasteiger partial charge >= 0.3 is 5.97 Å². The molecule has 0 spiro atoms. The number of rotatable bonds is 11. The van der Waals surface area contributed by atoms with Gasteiger partial charge in [0.15, 0.2) is 23.3 Å². The Bertz CT molecular complexity index is 1090. The summed E-state index contributed by atoms with van der Waals surface area (Å²) in [4.78, 5) is 31.0. The summed E-state index contributed by atoms with van der Waals surface area (Å²) >= 11 is 4.79. The molecule has 1 N–H and O–H groups in total. The first kappa shape index (κ1) is 25.8. The second-order valence-electron chi connectivity index (χ2n) is 7.08.